The monoisotopic (exact) mass is 261 g/mol. The minimum absolute atomic E-state index is 0.507. The predicted octanol–water partition coefficient (Wildman–Crippen LogP) is 4.78. The Balaban J connectivity index is 3.34. The summed E-state index contributed by atoms with van der Waals surface area (Å²) in [4.78, 5) is -2.12. The van der Waals surface area contributed by atoms with Crippen molar-refractivity contribution in [3.8, 4) is 0 Å². The maximum absolute atomic E-state index is 10.9. The van der Waals surface area contributed by atoms with Gasteiger partial charge in [-0.25, -0.2) is 0 Å². The van der Waals surface area contributed by atoms with Gasteiger partial charge in [0.25, 0.3) is 0 Å². The molecule has 1 unspecified atom stereocenters. The zero-order valence-electron chi connectivity index (χ0n) is 12.1. The average molecular weight is 261 g/mol. The molecule has 0 fully saturated rings. The summed E-state index contributed by atoms with van der Waals surface area (Å²) in [6.07, 6.45) is 12.2. The Kier molecular flexibility index (Phi) is 10.6. The molecule has 4 heteroatoms. The second kappa shape index (κ2) is 10.7. The van der Waals surface area contributed by atoms with Crippen molar-refractivity contribution in [1.29, 1.82) is 0 Å². The summed E-state index contributed by atoms with van der Waals surface area (Å²) in [6.45, 7) is 4.04. The van der Waals surface area contributed by atoms with Gasteiger partial charge in [0.05, 0.1) is 0 Å². The highest BCUT2D eigenvalue weighted by molar-refractivity contribution is 4.55. The molecular formula is C14H31NO3. The molecule has 0 saturated carbocycles. The molecule has 0 aliphatic heterocycles. The minimum atomic E-state index is -2.12. The summed E-state index contributed by atoms with van der Waals surface area (Å²) in [5.74, 6) is 0. The molecule has 0 bridgehead atoms. The molecule has 0 spiro atoms. The Morgan fingerprint density at radius 1 is 0.833 bits per heavy atom. The van der Waals surface area contributed by atoms with E-state index in [-0.39, 0.29) is 0 Å². The van der Waals surface area contributed by atoms with Gasteiger partial charge in [-0.15, -0.1) is 0 Å². The fourth-order valence-electron chi connectivity index (χ4n) is 2.30. The van der Waals surface area contributed by atoms with E-state index >= 15 is 0 Å². The third-order valence-electron chi connectivity index (χ3n) is 3.59. The molecule has 4 nitrogen and oxygen atoms in total. The molecule has 0 aliphatic carbocycles. The highest BCUT2D eigenvalue weighted by Gasteiger charge is 2.23. The lowest BCUT2D eigenvalue weighted by molar-refractivity contribution is -1.23. The summed E-state index contributed by atoms with van der Waals surface area (Å²) < 4.78 is 0. The lowest BCUT2D eigenvalue weighted by atomic mass is 10.0. The van der Waals surface area contributed by atoms with E-state index in [2.05, 4.69) is 6.92 Å². The SMILES string of the molecule is CCCCCCCCCCCC(CC)[N+]([O-])(O)O. The number of rotatable bonds is 12. The van der Waals surface area contributed by atoms with E-state index < -0.39 is 11.0 Å². The van der Waals surface area contributed by atoms with Gasteiger partial charge < -0.3 is 5.21 Å². The first-order valence-corrected chi connectivity index (χ1v) is 7.57. The van der Waals surface area contributed by atoms with Crippen LogP contribution in [0, 0.1) is 5.21 Å². The third-order valence-corrected chi connectivity index (χ3v) is 3.59. The average Bonchev–Trinajstić information content (AvgIpc) is 2.30. The van der Waals surface area contributed by atoms with Crippen LogP contribution in [0.25, 0.3) is 0 Å². The van der Waals surface area contributed by atoms with E-state index in [1.165, 1.54) is 44.9 Å². The second-order valence-corrected chi connectivity index (χ2v) is 5.27. The van der Waals surface area contributed by atoms with Crippen molar-refractivity contribution >= 4 is 0 Å². The molecule has 18 heavy (non-hydrogen) atoms. The van der Waals surface area contributed by atoms with Crippen LogP contribution < -0.4 is 0 Å². The van der Waals surface area contributed by atoms with Crippen molar-refractivity contribution in [1.82, 2.24) is 0 Å². The lowest BCUT2D eigenvalue weighted by Crippen LogP contribution is -2.44. The van der Waals surface area contributed by atoms with Gasteiger partial charge in [-0.05, 0) is 6.42 Å². The number of nitrogens with zero attached hydrogens (tertiary/aromatic N) is 1. The van der Waals surface area contributed by atoms with Gasteiger partial charge in [0, 0.05) is 12.8 Å². The fourth-order valence-corrected chi connectivity index (χ4v) is 2.30. The van der Waals surface area contributed by atoms with Crippen LogP contribution in [0.2, 0.25) is 0 Å². The first-order chi connectivity index (χ1) is 8.52. The van der Waals surface area contributed by atoms with Gasteiger partial charge in [-0.2, -0.15) is 10.4 Å². The second-order valence-electron chi connectivity index (χ2n) is 5.27. The minimum Gasteiger partial charge on any atom is -0.564 e. The molecule has 1 atom stereocenters. The van der Waals surface area contributed by atoms with E-state index in [0.29, 0.717) is 12.8 Å². The molecule has 0 aliphatic rings. The van der Waals surface area contributed by atoms with E-state index in [9.17, 15) is 5.21 Å². The molecule has 0 amide bonds. The predicted molar refractivity (Wildman–Crippen MR) is 73.1 cm³/mol. The van der Waals surface area contributed by atoms with Crippen LogP contribution in [-0.2, 0) is 0 Å². The Hall–Kier alpha value is -0.160. The van der Waals surface area contributed by atoms with Crippen LogP contribution in [0.15, 0.2) is 0 Å². The maximum atomic E-state index is 10.9. The Morgan fingerprint density at radius 2 is 1.28 bits per heavy atom. The van der Waals surface area contributed by atoms with Gasteiger partial charge in [0.2, 0.25) is 0 Å². The zero-order chi connectivity index (χ0) is 13.9. The molecular weight excluding hydrogens is 230 g/mol. The first kappa shape index (κ1) is 17.8. The van der Waals surface area contributed by atoms with Gasteiger partial charge in [-0.3, -0.25) is 0 Å². The molecule has 2 N–H and O–H groups in total. The fraction of sp³-hybridized carbons (Fsp3) is 1.00. The van der Waals surface area contributed by atoms with Crippen LogP contribution in [0.5, 0.6) is 0 Å². The highest BCUT2D eigenvalue weighted by Crippen LogP contribution is 2.17. The topological polar surface area (TPSA) is 63.5 Å². The Bertz CT molecular complexity index is 180. The van der Waals surface area contributed by atoms with Crippen molar-refractivity contribution in [2.24, 2.45) is 0 Å². The molecule has 0 aromatic rings. The third kappa shape index (κ3) is 9.83. The van der Waals surface area contributed by atoms with Crippen LogP contribution in [0.3, 0.4) is 0 Å². The number of hydrogen-bond donors (Lipinski definition) is 2. The number of hydroxylamine groups is 3. The number of hydrogen-bond acceptors (Lipinski definition) is 3. The standard InChI is InChI=1S/C14H31NO3/c1-3-5-6-7-8-9-10-11-12-13-14(4-2)15(16,17)18/h14,16-17H,3-13H2,1-2H3. The molecule has 0 saturated heterocycles. The normalized spacial score (nSPS) is 13.8. The maximum Gasteiger partial charge on any atom is 0.151 e. The molecule has 0 rings (SSSR count). The van der Waals surface area contributed by atoms with E-state index in [0.717, 1.165) is 12.8 Å². The molecule has 0 aromatic carbocycles. The number of quaternary nitrogens is 1. The lowest BCUT2D eigenvalue weighted by Gasteiger charge is -2.32. The first-order valence-electron chi connectivity index (χ1n) is 7.57. The Morgan fingerprint density at radius 3 is 1.67 bits per heavy atom. The molecule has 0 heterocycles. The van der Waals surface area contributed by atoms with Gasteiger partial charge in [0.1, 0.15) is 0 Å². The van der Waals surface area contributed by atoms with Gasteiger partial charge in [-0.1, -0.05) is 70.2 Å². The summed E-state index contributed by atoms with van der Waals surface area (Å²) in [6, 6.07) is -0.588. The zero-order valence-corrected chi connectivity index (χ0v) is 12.1. The highest BCUT2D eigenvalue weighted by atomic mass is 17.1. The summed E-state index contributed by atoms with van der Waals surface area (Å²) in [7, 11) is 0. The van der Waals surface area contributed by atoms with Crippen LogP contribution in [0.1, 0.15) is 84.5 Å². The van der Waals surface area contributed by atoms with Crippen LogP contribution >= 0.6 is 0 Å². The van der Waals surface area contributed by atoms with E-state index in [4.69, 9.17) is 10.4 Å². The van der Waals surface area contributed by atoms with Crippen LogP contribution in [0.4, 0.5) is 0 Å². The van der Waals surface area contributed by atoms with Crippen molar-refractivity contribution < 1.29 is 15.4 Å². The molecule has 0 aromatic heterocycles. The number of unbranched alkanes of at least 4 members (excludes halogenated alkanes) is 8. The summed E-state index contributed by atoms with van der Waals surface area (Å²) >= 11 is 0. The van der Waals surface area contributed by atoms with Gasteiger partial charge in [0.15, 0.2) is 6.04 Å². The smallest absolute Gasteiger partial charge is 0.151 e. The van der Waals surface area contributed by atoms with Crippen molar-refractivity contribution in [2.45, 2.75) is 90.5 Å². The van der Waals surface area contributed by atoms with Crippen molar-refractivity contribution in [3.05, 3.63) is 5.21 Å². The van der Waals surface area contributed by atoms with Crippen molar-refractivity contribution in [2.75, 3.05) is 0 Å². The summed E-state index contributed by atoms with van der Waals surface area (Å²) in [5.41, 5.74) is 0. The summed E-state index contributed by atoms with van der Waals surface area (Å²) in [5, 5.41) is 28.8. The molecule has 0 radical (unpaired) electrons. The molecule has 110 valence electrons. The van der Waals surface area contributed by atoms with Crippen LogP contribution in [-0.4, -0.2) is 21.4 Å². The van der Waals surface area contributed by atoms with E-state index in [1.807, 2.05) is 6.92 Å². The quantitative estimate of drug-likeness (QED) is 0.302. The van der Waals surface area contributed by atoms with Crippen molar-refractivity contribution in [3.63, 3.8) is 0 Å². The van der Waals surface area contributed by atoms with Gasteiger partial charge >= 0.3 is 0 Å². The van der Waals surface area contributed by atoms with E-state index in [1.54, 1.807) is 0 Å². The largest absolute Gasteiger partial charge is 0.564 e. The Labute approximate surface area is 112 Å².